The molecule has 0 bridgehead atoms. The van der Waals surface area contributed by atoms with Gasteiger partial charge < -0.3 is 14.4 Å². The minimum atomic E-state index is -1.12. The molecule has 0 radical (unpaired) electrons. The van der Waals surface area contributed by atoms with Gasteiger partial charge in [-0.1, -0.05) is 17.3 Å². The number of fused-ring (bicyclic) bond motifs is 1. The summed E-state index contributed by atoms with van der Waals surface area (Å²) in [6.45, 7) is 0.692. The number of hydrogen-bond acceptors (Lipinski definition) is 4. The molecule has 1 aromatic heterocycles. The van der Waals surface area contributed by atoms with Crippen LogP contribution in [0.15, 0.2) is 28.8 Å². The Kier molecular flexibility index (Phi) is 2.11. The van der Waals surface area contributed by atoms with Crippen LogP contribution in [-0.2, 0) is 6.42 Å². The highest BCUT2D eigenvalue weighted by atomic mass is 16.5. The molecule has 0 saturated heterocycles. The van der Waals surface area contributed by atoms with Crippen molar-refractivity contribution in [1.29, 1.82) is 0 Å². The van der Waals surface area contributed by atoms with Gasteiger partial charge in [0.05, 0.1) is 6.61 Å². The highest BCUT2D eigenvalue weighted by Gasteiger charge is 2.16. The number of carbonyl (C=O) groups is 1. The Morgan fingerprint density at radius 1 is 1.35 bits per heavy atom. The third-order valence-corrected chi connectivity index (χ3v) is 2.71. The Bertz CT molecular complexity index is 588. The van der Waals surface area contributed by atoms with Crippen molar-refractivity contribution in [2.24, 2.45) is 0 Å². The molecule has 0 unspecified atom stereocenters. The maximum absolute atomic E-state index is 10.7. The molecule has 86 valence electrons. The Balaban J connectivity index is 2.00. The van der Waals surface area contributed by atoms with Gasteiger partial charge in [-0.15, -0.1) is 0 Å². The van der Waals surface area contributed by atoms with E-state index in [1.54, 1.807) is 0 Å². The lowest BCUT2D eigenvalue weighted by atomic mass is 10.1. The maximum atomic E-state index is 10.7. The molecule has 5 nitrogen and oxygen atoms in total. The average Bonchev–Trinajstić information content (AvgIpc) is 2.97. The number of benzene rings is 1. The monoisotopic (exact) mass is 231 g/mol. The Labute approximate surface area is 96.6 Å². The standard InChI is InChI=1S/C12H9NO4/c14-12(15)11-6-9(13-17-11)8-2-1-7-3-4-16-10(7)5-8/h1-2,5-6H,3-4H2,(H,14,15). The molecule has 0 amide bonds. The second kappa shape index (κ2) is 3.62. The van der Waals surface area contributed by atoms with Gasteiger partial charge in [-0.2, -0.15) is 0 Å². The summed E-state index contributed by atoms with van der Waals surface area (Å²) in [5.41, 5.74) is 2.46. The van der Waals surface area contributed by atoms with Gasteiger partial charge in [-0.05, 0) is 11.6 Å². The molecule has 1 N–H and O–H groups in total. The van der Waals surface area contributed by atoms with Crippen molar-refractivity contribution in [2.75, 3.05) is 6.61 Å². The normalized spacial score (nSPS) is 13.2. The van der Waals surface area contributed by atoms with Crippen LogP contribution >= 0.6 is 0 Å². The van der Waals surface area contributed by atoms with E-state index >= 15 is 0 Å². The smallest absolute Gasteiger partial charge is 0.374 e. The summed E-state index contributed by atoms with van der Waals surface area (Å²) >= 11 is 0. The minimum absolute atomic E-state index is 0.165. The van der Waals surface area contributed by atoms with Crippen LogP contribution in [0.3, 0.4) is 0 Å². The van der Waals surface area contributed by atoms with Crippen LogP contribution in [0.4, 0.5) is 0 Å². The summed E-state index contributed by atoms with van der Waals surface area (Å²) < 4.78 is 10.1. The Morgan fingerprint density at radius 3 is 3.00 bits per heavy atom. The first-order valence-corrected chi connectivity index (χ1v) is 5.20. The van der Waals surface area contributed by atoms with Crippen molar-refractivity contribution in [3.8, 4) is 17.0 Å². The van der Waals surface area contributed by atoms with Crippen molar-refractivity contribution in [1.82, 2.24) is 5.16 Å². The van der Waals surface area contributed by atoms with Gasteiger partial charge in [0.2, 0.25) is 5.76 Å². The molecule has 0 spiro atoms. The van der Waals surface area contributed by atoms with Crippen LogP contribution in [0, 0.1) is 0 Å². The zero-order valence-electron chi connectivity index (χ0n) is 8.84. The summed E-state index contributed by atoms with van der Waals surface area (Å²) in [5, 5.41) is 12.5. The lowest BCUT2D eigenvalue weighted by Crippen LogP contribution is -1.91. The number of aromatic carboxylic acids is 1. The molecule has 0 atom stereocenters. The van der Waals surface area contributed by atoms with E-state index in [4.69, 9.17) is 14.4 Å². The first-order chi connectivity index (χ1) is 8.24. The molecule has 1 aliphatic rings. The zero-order chi connectivity index (χ0) is 11.8. The second-order valence-electron chi connectivity index (χ2n) is 3.80. The van der Waals surface area contributed by atoms with Crippen LogP contribution < -0.4 is 4.74 Å². The first kappa shape index (κ1) is 9.89. The van der Waals surface area contributed by atoms with Gasteiger partial charge in [0.1, 0.15) is 11.4 Å². The first-order valence-electron chi connectivity index (χ1n) is 5.20. The van der Waals surface area contributed by atoms with E-state index in [0.29, 0.717) is 12.3 Å². The number of carboxylic acids is 1. The fourth-order valence-corrected chi connectivity index (χ4v) is 1.84. The predicted molar refractivity (Wildman–Crippen MR) is 58.1 cm³/mol. The second-order valence-corrected chi connectivity index (χ2v) is 3.80. The number of carboxylic acid groups (broad SMARTS) is 1. The topological polar surface area (TPSA) is 72.6 Å². The van der Waals surface area contributed by atoms with Gasteiger partial charge in [0, 0.05) is 18.1 Å². The van der Waals surface area contributed by atoms with Crippen LogP contribution in [0.5, 0.6) is 5.75 Å². The quantitative estimate of drug-likeness (QED) is 0.855. The van der Waals surface area contributed by atoms with E-state index in [1.165, 1.54) is 6.07 Å². The maximum Gasteiger partial charge on any atom is 0.374 e. The van der Waals surface area contributed by atoms with E-state index in [-0.39, 0.29) is 5.76 Å². The predicted octanol–water partition coefficient (Wildman–Crippen LogP) is 1.97. The van der Waals surface area contributed by atoms with E-state index in [9.17, 15) is 4.79 Å². The van der Waals surface area contributed by atoms with Gasteiger partial charge in [-0.25, -0.2) is 4.79 Å². The molecule has 3 rings (SSSR count). The molecule has 17 heavy (non-hydrogen) atoms. The number of ether oxygens (including phenoxy) is 1. The third-order valence-electron chi connectivity index (χ3n) is 2.71. The van der Waals surface area contributed by atoms with Crippen molar-refractivity contribution in [3.63, 3.8) is 0 Å². The summed E-state index contributed by atoms with van der Waals surface area (Å²) in [6, 6.07) is 7.11. The Hall–Kier alpha value is -2.30. The third kappa shape index (κ3) is 1.65. The highest BCUT2D eigenvalue weighted by molar-refractivity contribution is 5.85. The molecule has 0 saturated carbocycles. The van der Waals surface area contributed by atoms with Gasteiger partial charge in [0.25, 0.3) is 0 Å². The van der Waals surface area contributed by atoms with Crippen molar-refractivity contribution in [3.05, 3.63) is 35.6 Å². The lowest BCUT2D eigenvalue weighted by Gasteiger charge is -2.00. The number of hydrogen-bond donors (Lipinski definition) is 1. The van der Waals surface area contributed by atoms with Gasteiger partial charge in [0.15, 0.2) is 0 Å². The van der Waals surface area contributed by atoms with Crippen molar-refractivity contribution in [2.45, 2.75) is 6.42 Å². The average molecular weight is 231 g/mol. The number of nitrogens with zero attached hydrogens (tertiary/aromatic N) is 1. The molecule has 2 heterocycles. The Morgan fingerprint density at radius 2 is 2.24 bits per heavy atom. The van der Waals surface area contributed by atoms with Crippen molar-refractivity contribution >= 4 is 5.97 Å². The molecule has 1 aromatic carbocycles. The van der Waals surface area contributed by atoms with E-state index < -0.39 is 5.97 Å². The largest absolute Gasteiger partial charge is 0.493 e. The minimum Gasteiger partial charge on any atom is -0.493 e. The number of aromatic nitrogens is 1. The fourth-order valence-electron chi connectivity index (χ4n) is 1.84. The van der Waals surface area contributed by atoms with Crippen LogP contribution in [0.25, 0.3) is 11.3 Å². The summed E-state index contributed by atoms with van der Waals surface area (Å²) in [6.07, 6.45) is 0.912. The van der Waals surface area contributed by atoms with E-state index in [0.717, 1.165) is 23.3 Å². The SMILES string of the molecule is O=C(O)c1cc(-c2ccc3c(c2)OCC3)no1. The molecule has 5 heteroatoms. The van der Waals surface area contributed by atoms with E-state index in [2.05, 4.69) is 5.16 Å². The zero-order valence-corrected chi connectivity index (χ0v) is 8.84. The van der Waals surface area contributed by atoms with Crippen LogP contribution in [0.2, 0.25) is 0 Å². The summed E-state index contributed by atoms with van der Waals surface area (Å²) in [5.74, 6) is -0.454. The fraction of sp³-hybridized carbons (Fsp3) is 0.167. The van der Waals surface area contributed by atoms with Crippen LogP contribution in [-0.4, -0.2) is 22.8 Å². The highest BCUT2D eigenvalue weighted by Crippen LogP contribution is 2.30. The lowest BCUT2D eigenvalue weighted by molar-refractivity contribution is 0.0652. The molecule has 2 aromatic rings. The number of rotatable bonds is 2. The van der Waals surface area contributed by atoms with Crippen molar-refractivity contribution < 1.29 is 19.2 Å². The molecule has 1 aliphatic heterocycles. The molecule has 0 aliphatic carbocycles. The molecule has 0 fully saturated rings. The summed E-state index contributed by atoms with van der Waals surface area (Å²) in [7, 11) is 0. The van der Waals surface area contributed by atoms with E-state index in [1.807, 2.05) is 18.2 Å². The molecular weight excluding hydrogens is 222 g/mol. The van der Waals surface area contributed by atoms with Crippen LogP contribution in [0.1, 0.15) is 16.1 Å². The molecular formula is C12H9NO4. The van der Waals surface area contributed by atoms with Gasteiger partial charge >= 0.3 is 5.97 Å². The van der Waals surface area contributed by atoms with Gasteiger partial charge in [-0.3, -0.25) is 0 Å². The summed E-state index contributed by atoms with van der Waals surface area (Å²) in [4.78, 5) is 10.7.